The van der Waals surface area contributed by atoms with E-state index in [1.54, 1.807) is 0 Å². The monoisotopic (exact) mass is 322 g/mol. The Morgan fingerprint density at radius 2 is 2.00 bits per heavy atom. The SMILES string of the molecule is CCCCCNCC(=O)Nc1ccc(Cl)cc1C(F)(F)F. The van der Waals surface area contributed by atoms with Crippen LogP contribution in [0.4, 0.5) is 18.9 Å². The van der Waals surface area contributed by atoms with Gasteiger partial charge < -0.3 is 10.6 Å². The Labute approximate surface area is 126 Å². The molecular weight excluding hydrogens is 305 g/mol. The molecule has 0 unspecified atom stereocenters. The van der Waals surface area contributed by atoms with Crippen LogP contribution >= 0.6 is 11.6 Å². The topological polar surface area (TPSA) is 41.1 Å². The summed E-state index contributed by atoms with van der Waals surface area (Å²) in [7, 11) is 0. The summed E-state index contributed by atoms with van der Waals surface area (Å²) in [5, 5.41) is 5.12. The minimum atomic E-state index is -4.57. The molecule has 0 aromatic heterocycles. The van der Waals surface area contributed by atoms with Gasteiger partial charge in [0.25, 0.3) is 0 Å². The molecule has 3 nitrogen and oxygen atoms in total. The molecule has 0 radical (unpaired) electrons. The molecule has 0 heterocycles. The predicted octanol–water partition coefficient (Wildman–Crippen LogP) is 4.08. The molecule has 0 aliphatic carbocycles. The van der Waals surface area contributed by atoms with E-state index in [0.717, 1.165) is 31.4 Å². The van der Waals surface area contributed by atoms with Gasteiger partial charge in [0.2, 0.25) is 5.91 Å². The van der Waals surface area contributed by atoms with Crippen LogP contribution in [0.15, 0.2) is 18.2 Å². The maximum Gasteiger partial charge on any atom is 0.418 e. The number of carbonyl (C=O) groups is 1. The lowest BCUT2D eigenvalue weighted by Crippen LogP contribution is -2.29. The molecule has 118 valence electrons. The van der Waals surface area contributed by atoms with Crippen molar-refractivity contribution >= 4 is 23.2 Å². The van der Waals surface area contributed by atoms with Crippen molar-refractivity contribution in [2.45, 2.75) is 32.4 Å². The van der Waals surface area contributed by atoms with Gasteiger partial charge in [-0.15, -0.1) is 0 Å². The van der Waals surface area contributed by atoms with E-state index >= 15 is 0 Å². The zero-order valence-electron chi connectivity index (χ0n) is 11.7. The van der Waals surface area contributed by atoms with Crippen molar-refractivity contribution < 1.29 is 18.0 Å². The number of hydrogen-bond acceptors (Lipinski definition) is 2. The summed E-state index contributed by atoms with van der Waals surface area (Å²) in [6.45, 7) is 2.70. The predicted molar refractivity (Wildman–Crippen MR) is 77.5 cm³/mol. The minimum Gasteiger partial charge on any atom is -0.324 e. The van der Waals surface area contributed by atoms with E-state index in [9.17, 15) is 18.0 Å². The third-order valence-electron chi connectivity index (χ3n) is 2.80. The van der Waals surface area contributed by atoms with Crippen LogP contribution in [0.25, 0.3) is 0 Å². The van der Waals surface area contributed by atoms with Crippen molar-refractivity contribution in [1.29, 1.82) is 0 Å². The highest BCUT2D eigenvalue weighted by Crippen LogP contribution is 2.36. The molecule has 0 spiro atoms. The molecular formula is C14H18ClF3N2O. The van der Waals surface area contributed by atoms with E-state index in [1.807, 2.05) is 0 Å². The quantitative estimate of drug-likeness (QED) is 0.743. The highest BCUT2D eigenvalue weighted by atomic mass is 35.5. The molecule has 0 fully saturated rings. The average Bonchev–Trinajstić information content (AvgIpc) is 2.39. The molecule has 0 atom stereocenters. The van der Waals surface area contributed by atoms with Gasteiger partial charge in [0.1, 0.15) is 0 Å². The molecule has 0 aliphatic heterocycles. The van der Waals surface area contributed by atoms with Gasteiger partial charge >= 0.3 is 6.18 Å². The van der Waals surface area contributed by atoms with Crippen molar-refractivity contribution in [3.05, 3.63) is 28.8 Å². The number of carbonyl (C=O) groups excluding carboxylic acids is 1. The summed E-state index contributed by atoms with van der Waals surface area (Å²) in [5.41, 5.74) is -1.23. The van der Waals surface area contributed by atoms with Crippen LogP contribution < -0.4 is 10.6 Å². The van der Waals surface area contributed by atoms with Crippen LogP contribution in [0.3, 0.4) is 0 Å². The molecule has 21 heavy (non-hydrogen) atoms. The Balaban J connectivity index is 2.60. The van der Waals surface area contributed by atoms with Gasteiger partial charge in [-0.2, -0.15) is 13.2 Å². The van der Waals surface area contributed by atoms with Crippen molar-refractivity contribution in [1.82, 2.24) is 5.32 Å². The number of benzene rings is 1. The largest absolute Gasteiger partial charge is 0.418 e. The number of anilines is 1. The first-order valence-corrected chi connectivity index (χ1v) is 7.09. The number of hydrogen-bond donors (Lipinski definition) is 2. The van der Waals surface area contributed by atoms with Gasteiger partial charge in [0.15, 0.2) is 0 Å². The average molecular weight is 323 g/mol. The standard InChI is InChI=1S/C14H18ClF3N2O/c1-2-3-4-7-19-9-13(21)20-12-6-5-10(15)8-11(12)14(16,17)18/h5-6,8,19H,2-4,7,9H2,1H3,(H,20,21). The fourth-order valence-electron chi connectivity index (χ4n) is 1.76. The maximum atomic E-state index is 12.8. The fraction of sp³-hybridized carbons (Fsp3) is 0.500. The number of halogens is 4. The first kappa shape index (κ1) is 17.8. The Hall–Kier alpha value is -1.27. The lowest BCUT2D eigenvalue weighted by atomic mass is 10.1. The first-order chi connectivity index (χ1) is 9.84. The van der Waals surface area contributed by atoms with Crippen LogP contribution in [-0.4, -0.2) is 19.0 Å². The second kappa shape index (κ2) is 8.24. The van der Waals surface area contributed by atoms with E-state index in [1.165, 1.54) is 6.07 Å². The Morgan fingerprint density at radius 3 is 2.62 bits per heavy atom. The van der Waals surface area contributed by atoms with Crippen molar-refractivity contribution in [2.24, 2.45) is 0 Å². The summed E-state index contributed by atoms with van der Waals surface area (Å²) < 4.78 is 38.5. The summed E-state index contributed by atoms with van der Waals surface area (Å²) in [4.78, 5) is 11.6. The summed E-state index contributed by atoms with van der Waals surface area (Å²) >= 11 is 5.57. The maximum absolute atomic E-state index is 12.8. The van der Waals surface area contributed by atoms with Gasteiger partial charge in [-0.05, 0) is 31.2 Å². The molecule has 0 bridgehead atoms. The molecule has 7 heteroatoms. The van der Waals surface area contributed by atoms with Gasteiger partial charge in [-0.3, -0.25) is 4.79 Å². The number of amides is 1. The van der Waals surface area contributed by atoms with E-state index < -0.39 is 17.6 Å². The normalized spacial score (nSPS) is 11.5. The molecule has 1 rings (SSSR count). The smallest absolute Gasteiger partial charge is 0.324 e. The summed E-state index contributed by atoms with van der Waals surface area (Å²) in [6.07, 6.45) is -1.53. The van der Waals surface area contributed by atoms with Crippen molar-refractivity contribution in [3.8, 4) is 0 Å². The highest BCUT2D eigenvalue weighted by Gasteiger charge is 2.34. The number of alkyl halides is 3. The van der Waals surface area contributed by atoms with Crippen molar-refractivity contribution in [2.75, 3.05) is 18.4 Å². The lowest BCUT2D eigenvalue weighted by molar-refractivity contribution is -0.137. The third kappa shape index (κ3) is 6.35. The summed E-state index contributed by atoms with van der Waals surface area (Å²) in [6, 6.07) is 3.26. The Kier molecular flexibility index (Phi) is 6.98. The Bertz CT molecular complexity index is 478. The van der Waals surface area contributed by atoms with Crippen molar-refractivity contribution in [3.63, 3.8) is 0 Å². The molecule has 1 aromatic rings. The summed E-state index contributed by atoms with van der Waals surface area (Å²) in [5.74, 6) is -0.515. The lowest BCUT2D eigenvalue weighted by Gasteiger charge is -2.14. The number of rotatable bonds is 7. The second-order valence-electron chi connectivity index (χ2n) is 4.62. The van der Waals surface area contributed by atoms with Gasteiger partial charge in [0.05, 0.1) is 17.8 Å². The second-order valence-corrected chi connectivity index (χ2v) is 5.06. The van der Waals surface area contributed by atoms with Gasteiger partial charge in [-0.25, -0.2) is 0 Å². The molecule has 2 N–H and O–H groups in total. The molecule has 1 aromatic carbocycles. The van der Waals surface area contributed by atoms with E-state index in [-0.39, 0.29) is 17.3 Å². The van der Waals surface area contributed by atoms with Crippen LogP contribution in [0.5, 0.6) is 0 Å². The highest BCUT2D eigenvalue weighted by molar-refractivity contribution is 6.30. The molecule has 0 aliphatic rings. The van der Waals surface area contributed by atoms with Crippen LogP contribution in [0.1, 0.15) is 31.7 Å². The molecule has 1 amide bonds. The molecule has 0 saturated carbocycles. The van der Waals surface area contributed by atoms with E-state index in [2.05, 4.69) is 17.6 Å². The van der Waals surface area contributed by atoms with Crippen LogP contribution in [-0.2, 0) is 11.0 Å². The zero-order valence-corrected chi connectivity index (χ0v) is 12.4. The fourth-order valence-corrected chi connectivity index (χ4v) is 1.93. The third-order valence-corrected chi connectivity index (χ3v) is 3.04. The van der Waals surface area contributed by atoms with Crippen LogP contribution in [0, 0.1) is 0 Å². The van der Waals surface area contributed by atoms with E-state index in [0.29, 0.717) is 6.54 Å². The number of nitrogens with one attached hydrogen (secondary N) is 2. The van der Waals surface area contributed by atoms with Gasteiger partial charge in [-0.1, -0.05) is 31.4 Å². The molecule has 0 saturated heterocycles. The number of unbranched alkanes of at least 4 members (excludes halogenated alkanes) is 2. The first-order valence-electron chi connectivity index (χ1n) is 6.72. The minimum absolute atomic E-state index is 0.0242. The van der Waals surface area contributed by atoms with Gasteiger partial charge in [0, 0.05) is 5.02 Å². The van der Waals surface area contributed by atoms with E-state index in [4.69, 9.17) is 11.6 Å². The zero-order chi connectivity index (χ0) is 15.9. The Morgan fingerprint density at radius 1 is 1.29 bits per heavy atom. The van der Waals surface area contributed by atoms with Crippen LogP contribution in [0.2, 0.25) is 5.02 Å².